The fourth-order valence-electron chi connectivity index (χ4n) is 3.22. The van der Waals surface area contributed by atoms with E-state index in [0.29, 0.717) is 29.4 Å². The Morgan fingerprint density at radius 3 is 2.48 bits per heavy atom. The molecule has 1 heterocycles. The van der Waals surface area contributed by atoms with Crippen LogP contribution in [0.25, 0.3) is 0 Å². The number of carbonyl (C=O) groups excluding carboxylic acids is 1. The molecule has 1 aliphatic rings. The monoisotopic (exact) mass is 407 g/mol. The molecular weight excluding hydrogens is 386 g/mol. The molecule has 1 amide bonds. The summed E-state index contributed by atoms with van der Waals surface area (Å²) in [5.41, 5.74) is 1.29. The van der Waals surface area contributed by atoms with Crippen molar-refractivity contribution in [3.05, 3.63) is 64.7 Å². The van der Waals surface area contributed by atoms with E-state index >= 15 is 0 Å². The summed E-state index contributed by atoms with van der Waals surface area (Å²) in [6.45, 7) is 2.71. The summed E-state index contributed by atoms with van der Waals surface area (Å²) in [5, 5.41) is 0.558. The Morgan fingerprint density at radius 1 is 1.19 bits per heavy atom. The van der Waals surface area contributed by atoms with Gasteiger partial charge in [-0.25, -0.2) is 8.42 Å². The van der Waals surface area contributed by atoms with Gasteiger partial charge in [0.2, 0.25) is 0 Å². The highest BCUT2D eigenvalue weighted by Crippen LogP contribution is 2.25. The van der Waals surface area contributed by atoms with E-state index in [0.717, 1.165) is 5.56 Å². The van der Waals surface area contributed by atoms with Crippen LogP contribution in [0.1, 0.15) is 29.3 Å². The Bertz CT molecular complexity index is 912. The average Bonchev–Trinajstić information content (AvgIpc) is 3.01. The topological polar surface area (TPSA) is 63.7 Å². The molecule has 1 aliphatic heterocycles. The van der Waals surface area contributed by atoms with Crippen LogP contribution in [0.4, 0.5) is 0 Å². The van der Waals surface area contributed by atoms with Crippen molar-refractivity contribution in [2.24, 2.45) is 0 Å². The van der Waals surface area contributed by atoms with E-state index in [2.05, 4.69) is 0 Å². The molecule has 144 valence electrons. The van der Waals surface area contributed by atoms with Crippen molar-refractivity contribution in [3.8, 4) is 5.75 Å². The minimum atomic E-state index is -3.12. The zero-order valence-corrected chi connectivity index (χ0v) is 16.7. The second kappa shape index (κ2) is 8.31. The summed E-state index contributed by atoms with van der Waals surface area (Å²) < 4.78 is 29.3. The number of amides is 1. The molecule has 1 saturated heterocycles. The van der Waals surface area contributed by atoms with Gasteiger partial charge in [-0.05, 0) is 49.2 Å². The van der Waals surface area contributed by atoms with Crippen molar-refractivity contribution < 1.29 is 17.9 Å². The molecule has 27 heavy (non-hydrogen) atoms. The van der Waals surface area contributed by atoms with Crippen molar-refractivity contribution in [1.29, 1.82) is 0 Å². The summed E-state index contributed by atoms with van der Waals surface area (Å²) in [6.07, 6.45) is 0.440. The third kappa shape index (κ3) is 4.82. The third-order valence-corrected chi connectivity index (χ3v) is 6.74. The minimum Gasteiger partial charge on any atom is -0.494 e. The first-order valence-electron chi connectivity index (χ1n) is 8.87. The fraction of sp³-hybridized carbons (Fsp3) is 0.350. The van der Waals surface area contributed by atoms with E-state index in [1.807, 2.05) is 25.1 Å². The summed E-state index contributed by atoms with van der Waals surface area (Å²) in [7, 11) is -3.12. The molecule has 2 aromatic carbocycles. The first kappa shape index (κ1) is 19.7. The zero-order chi connectivity index (χ0) is 19.4. The summed E-state index contributed by atoms with van der Waals surface area (Å²) in [4.78, 5) is 14.8. The number of carbonyl (C=O) groups is 1. The number of benzene rings is 2. The highest BCUT2D eigenvalue weighted by molar-refractivity contribution is 7.91. The number of nitrogens with zero attached hydrogens (tertiary/aromatic N) is 1. The lowest BCUT2D eigenvalue weighted by molar-refractivity contribution is 0.0681. The predicted molar refractivity (Wildman–Crippen MR) is 106 cm³/mol. The maximum atomic E-state index is 13.2. The van der Waals surface area contributed by atoms with Crippen LogP contribution in [0, 0.1) is 0 Å². The minimum absolute atomic E-state index is 0.0137. The Kier molecular flexibility index (Phi) is 6.07. The molecule has 0 aliphatic carbocycles. The SMILES string of the molecule is CCOc1ccc(C(=O)N(Cc2ccccc2Cl)[C@@H]2CCS(=O)(=O)C2)cc1. The quantitative estimate of drug-likeness (QED) is 0.734. The van der Waals surface area contributed by atoms with Crippen molar-refractivity contribution in [3.63, 3.8) is 0 Å². The molecule has 0 N–H and O–H groups in total. The van der Waals surface area contributed by atoms with Crippen molar-refractivity contribution in [2.75, 3.05) is 18.1 Å². The highest BCUT2D eigenvalue weighted by Gasteiger charge is 2.35. The number of rotatable bonds is 6. The molecular formula is C20H22ClNO4S. The standard InChI is InChI=1S/C20H22ClNO4S/c1-2-26-18-9-7-15(8-10-18)20(23)22(17-11-12-27(24,25)14-17)13-16-5-3-4-6-19(16)21/h3-10,17H,2,11-14H2,1H3/t17-/m1/s1. The first-order valence-corrected chi connectivity index (χ1v) is 11.1. The van der Waals surface area contributed by atoms with Crippen LogP contribution in [0.2, 0.25) is 5.02 Å². The number of halogens is 1. The van der Waals surface area contributed by atoms with Gasteiger partial charge in [-0.1, -0.05) is 29.8 Å². The number of ether oxygens (including phenoxy) is 1. The smallest absolute Gasteiger partial charge is 0.254 e. The van der Waals surface area contributed by atoms with E-state index in [-0.39, 0.29) is 30.0 Å². The second-order valence-electron chi connectivity index (χ2n) is 6.54. The lowest BCUT2D eigenvalue weighted by Gasteiger charge is -2.29. The van der Waals surface area contributed by atoms with Gasteiger partial charge in [0.25, 0.3) is 5.91 Å². The Morgan fingerprint density at radius 2 is 1.89 bits per heavy atom. The van der Waals surface area contributed by atoms with Gasteiger partial charge in [0.05, 0.1) is 18.1 Å². The Hall–Kier alpha value is -2.05. The Labute approximate surface area is 164 Å². The van der Waals surface area contributed by atoms with Crippen LogP contribution in [0.5, 0.6) is 5.75 Å². The van der Waals surface area contributed by atoms with Gasteiger partial charge in [0.15, 0.2) is 9.84 Å². The first-order chi connectivity index (χ1) is 12.9. The molecule has 0 spiro atoms. The highest BCUT2D eigenvalue weighted by atomic mass is 35.5. The summed E-state index contributed by atoms with van der Waals surface area (Å²) >= 11 is 6.26. The van der Waals surface area contributed by atoms with Crippen molar-refractivity contribution >= 4 is 27.3 Å². The van der Waals surface area contributed by atoms with E-state index in [9.17, 15) is 13.2 Å². The fourth-order valence-corrected chi connectivity index (χ4v) is 5.15. The molecule has 7 heteroatoms. The van der Waals surface area contributed by atoms with Crippen LogP contribution >= 0.6 is 11.6 Å². The normalized spacial score (nSPS) is 18.2. The van der Waals surface area contributed by atoms with Crippen LogP contribution in [-0.4, -0.2) is 43.4 Å². The summed E-state index contributed by atoms with van der Waals surface area (Å²) in [6, 6.07) is 13.8. The number of hydrogen-bond donors (Lipinski definition) is 0. The molecule has 0 aromatic heterocycles. The average molecular weight is 408 g/mol. The van der Waals surface area contributed by atoms with Gasteiger partial charge in [0, 0.05) is 23.2 Å². The molecule has 1 atom stereocenters. The van der Waals surface area contributed by atoms with Crippen LogP contribution in [0.3, 0.4) is 0 Å². The lowest BCUT2D eigenvalue weighted by Crippen LogP contribution is -2.40. The van der Waals surface area contributed by atoms with E-state index in [4.69, 9.17) is 16.3 Å². The third-order valence-electron chi connectivity index (χ3n) is 4.62. The lowest BCUT2D eigenvalue weighted by atomic mass is 10.1. The maximum absolute atomic E-state index is 13.2. The molecule has 0 radical (unpaired) electrons. The van der Waals surface area contributed by atoms with E-state index in [1.165, 1.54) is 0 Å². The van der Waals surface area contributed by atoms with E-state index in [1.54, 1.807) is 35.2 Å². The van der Waals surface area contributed by atoms with Gasteiger partial charge in [-0.3, -0.25) is 4.79 Å². The Balaban J connectivity index is 1.88. The molecule has 1 fully saturated rings. The van der Waals surface area contributed by atoms with Gasteiger partial charge >= 0.3 is 0 Å². The largest absolute Gasteiger partial charge is 0.494 e. The summed E-state index contributed by atoms with van der Waals surface area (Å²) in [5.74, 6) is 0.572. The van der Waals surface area contributed by atoms with Gasteiger partial charge in [0.1, 0.15) is 5.75 Å². The van der Waals surface area contributed by atoms with Crippen LogP contribution < -0.4 is 4.74 Å². The van der Waals surface area contributed by atoms with Gasteiger partial charge < -0.3 is 9.64 Å². The van der Waals surface area contributed by atoms with Crippen molar-refractivity contribution in [2.45, 2.75) is 25.9 Å². The van der Waals surface area contributed by atoms with Gasteiger partial charge in [-0.15, -0.1) is 0 Å². The number of sulfone groups is 1. The predicted octanol–water partition coefficient (Wildman–Crippen LogP) is 3.57. The molecule has 0 unspecified atom stereocenters. The maximum Gasteiger partial charge on any atom is 0.254 e. The van der Waals surface area contributed by atoms with Crippen LogP contribution in [0.15, 0.2) is 48.5 Å². The molecule has 5 nitrogen and oxygen atoms in total. The number of hydrogen-bond acceptors (Lipinski definition) is 4. The second-order valence-corrected chi connectivity index (χ2v) is 9.17. The molecule has 0 saturated carbocycles. The van der Waals surface area contributed by atoms with E-state index < -0.39 is 9.84 Å². The molecule has 3 rings (SSSR count). The van der Waals surface area contributed by atoms with Crippen LogP contribution in [-0.2, 0) is 16.4 Å². The molecule has 0 bridgehead atoms. The van der Waals surface area contributed by atoms with Gasteiger partial charge in [-0.2, -0.15) is 0 Å². The zero-order valence-electron chi connectivity index (χ0n) is 15.1. The van der Waals surface area contributed by atoms with Crippen molar-refractivity contribution in [1.82, 2.24) is 4.90 Å². The molecule has 2 aromatic rings.